The van der Waals surface area contributed by atoms with Gasteiger partial charge in [-0.25, -0.2) is 4.98 Å². The molecule has 2 aromatic carbocycles. The number of piperazine rings is 1. The maximum Gasteiger partial charge on any atom is 0.271 e. The lowest BCUT2D eigenvalue weighted by Gasteiger charge is -2.39. The van der Waals surface area contributed by atoms with Crippen molar-refractivity contribution in [1.29, 1.82) is 0 Å². The van der Waals surface area contributed by atoms with E-state index in [9.17, 15) is 9.59 Å². The fraction of sp³-hybridized carbons (Fsp3) is 0.240. The second-order valence-electron chi connectivity index (χ2n) is 8.02. The molecule has 0 aliphatic carbocycles. The Morgan fingerprint density at radius 3 is 2.12 bits per heavy atom. The Morgan fingerprint density at radius 1 is 0.938 bits per heavy atom. The number of hydrogen-bond acceptors (Lipinski definition) is 5. The lowest BCUT2D eigenvalue weighted by Crippen LogP contribution is -2.50. The molecule has 32 heavy (non-hydrogen) atoms. The molecule has 0 atom stereocenters. The highest BCUT2D eigenvalue weighted by molar-refractivity contribution is 7.16. The zero-order valence-electron chi connectivity index (χ0n) is 17.8. The average molecular weight is 445 g/mol. The van der Waals surface area contributed by atoms with Crippen LogP contribution in [0.2, 0.25) is 0 Å². The van der Waals surface area contributed by atoms with Crippen molar-refractivity contribution >= 4 is 22.2 Å². The van der Waals surface area contributed by atoms with Crippen LogP contribution in [0.4, 0.5) is 0 Å². The molecular formula is C25H24N4O2S. The number of carbonyl (C=O) groups is 1. The van der Waals surface area contributed by atoms with E-state index in [-0.39, 0.29) is 23.1 Å². The molecule has 2 aromatic heterocycles. The van der Waals surface area contributed by atoms with E-state index >= 15 is 0 Å². The van der Waals surface area contributed by atoms with E-state index in [1.54, 1.807) is 11.1 Å². The normalized spacial score (nSPS) is 14.9. The summed E-state index contributed by atoms with van der Waals surface area (Å²) in [5, 5.41) is 0. The summed E-state index contributed by atoms with van der Waals surface area (Å²) in [6.07, 6.45) is 3.17. The number of aromatic nitrogens is 2. The van der Waals surface area contributed by atoms with Crippen LogP contribution in [0.15, 0.2) is 77.9 Å². The number of aryl methyl sites for hydroxylation is 1. The molecule has 0 unspecified atom stereocenters. The first-order chi connectivity index (χ1) is 15.6. The fourth-order valence-corrected chi connectivity index (χ4v) is 5.17. The Bertz CT molecular complexity index is 1250. The van der Waals surface area contributed by atoms with Crippen LogP contribution < -0.4 is 5.56 Å². The van der Waals surface area contributed by atoms with E-state index < -0.39 is 0 Å². The van der Waals surface area contributed by atoms with Gasteiger partial charge in [-0.3, -0.25) is 18.9 Å². The summed E-state index contributed by atoms with van der Waals surface area (Å²) >= 11 is 1.44. The standard InChI is InChI=1S/C25H24N4O2S/c1-18-17-29-24(31)21(16-26-25(29)32-18)23(30)28-14-12-27(13-15-28)22(19-8-4-2-5-9-19)20-10-6-3-7-11-20/h2-11,16-17,22H,12-15H2,1H3. The molecule has 7 heteroatoms. The van der Waals surface area contributed by atoms with Crippen LogP contribution in [0.5, 0.6) is 0 Å². The Morgan fingerprint density at radius 2 is 1.53 bits per heavy atom. The highest BCUT2D eigenvalue weighted by atomic mass is 32.1. The van der Waals surface area contributed by atoms with E-state index in [2.05, 4.69) is 58.4 Å². The molecule has 1 amide bonds. The molecule has 1 aliphatic rings. The lowest BCUT2D eigenvalue weighted by atomic mass is 9.96. The molecule has 4 aromatic rings. The minimum absolute atomic E-state index is 0.132. The van der Waals surface area contributed by atoms with Crippen LogP contribution in [0.3, 0.4) is 0 Å². The van der Waals surface area contributed by atoms with Crippen LogP contribution >= 0.6 is 11.3 Å². The molecule has 3 heterocycles. The summed E-state index contributed by atoms with van der Waals surface area (Å²) in [6, 6.07) is 21.1. The monoisotopic (exact) mass is 444 g/mol. The third-order valence-corrected chi connectivity index (χ3v) is 6.86. The third kappa shape index (κ3) is 3.85. The second kappa shape index (κ2) is 8.68. The molecule has 162 valence electrons. The smallest absolute Gasteiger partial charge is 0.271 e. The summed E-state index contributed by atoms with van der Waals surface area (Å²) in [5.74, 6) is -0.239. The van der Waals surface area contributed by atoms with Crippen LogP contribution in [-0.2, 0) is 0 Å². The Hall–Kier alpha value is -3.29. The second-order valence-corrected chi connectivity index (χ2v) is 9.24. The van der Waals surface area contributed by atoms with Crippen LogP contribution in [-0.4, -0.2) is 51.3 Å². The predicted octanol–water partition coefficient (Wildman–Crippen LogP) is 3.61. The highest BCUT2D eigenvalue weighted by Crippen LogP contribution is 2.29. The van der Waals surface area contributed by atoms with Gasteiger partial charge >= 0.3 is 0 Å². The first-order valence-electron chi connectivity index (χ1n) is 10.7. The Kier molecular flexibility index (Phi) is 5.59. The number of nitrogens with zero attached hydrogens (tertiary/aromatic N) is 4. The van der Waals surface area contributed by atoms with Crippen molar-refractivity contribution in [2.24, 2.45) is 0 Å². The zero-order chi connectivity index (χ0) is 22.1. The fourth-order valence-electron chi connectivity index (χ4n) is 4.38. The average Bonchev–Trinajstić information content (AvgIpc) is 3.22. The summed E-state index contributed by atoms with van der Waals surface area (Å²) in [7, 11) is 0. The van der Waals surface area contributed by atoms with Crippen LogP contribution in [0.25, 0.3) is 4.96 Å². The maximum atomic E-state index is 13.1. The highest BCUT2D eigenvalue weighted by Gasteiger charge is 2.29. The van der Waals surface area contributed by atoms with Gasteiger partial charge in [0, 0.05) is 43.4 Å². The van der Waals surface area contributed by atoms with E-state index in [4.69, 9.17) is 0 Å². The van der Waals surface area contributed by atoms with Crippen molar-refractivity contribution in [2.75, 3.05) is 26.2 Å². The predicted molar refractivity (Wildman–Crippen MR) is 126 cm³/mol. The van der Waals surface area contributed by atoms with Crippen LogP contribution in [0.1, 0.15) is 32.4 Å². The SMILES string of the molecule is Cc1cn2c(=O)c(C(=O)N3CCN(C(c4ccccc4)c4ccccc4)CC3)cnc2s1. The molecule has 0 bridgehead atoms. The van der Waals surface area contributed by atoms with Crippen molar-refractivity contribution in [3.8, 4) is 0 Å². The molecule has 1 aliphatic heterocycles. The van der Waals surface area contributed by atoms with Gasteiger partial charge in [-0.05, 0) is 18.1 Å². The van der Waals surface area contributed by atoms with Gasteiger partial charge in [0.1, 0.15) is 5.56 Å². The van der Waals surface area contributed by atoms with E-state index in [1.165, 1.54) is 33.1 Å². The largest absolute Gasteiger partial charge is 0.336 e. The van der Waals surface area contributed by atoms with Crippen molar-refractivity contribution in [3.05, 3.63) is 105 Å². The van der Waals surface area contributed by atoms with Gasteiger partial charge in [0.25, 0.3) is 11.5 Å². The zero-order valence-corrected chi connectivity index (χ0v) is 18.7. The van der Waals surface area contributed by atoms with Gasteiger partial charge in [-0.2, -0.15) is 0 Å². The molecule has 0 spiro atoms. The number of hydrogen-bond donors (Lipinski definition) is 0. The molecule has 0 saturated carbocycles. The molecule has 1 saturated heterocycles. The van der Waals surface area contributed by atoms with Crippen molar-refractivity contribution < 1.29 is 4.79 Å². The summed E-state index contributed by atoms with van der Waals surface area (Å²) in [5.41, 5.74) is 2.31. The maximum absolute atomic E-state index is 13.1. The first-order valence-corrected chi connectivity index (χ1v) is 11.5. The quantitative estimate of drug-likeness (QED) is 0.483. The van der Waals surface area contributed by atoms with Gasteiger partial charge in [0.2, 0.25) is 0 Å². The number of thiazole rings is 1. The van der Waals surface area contributed by atoms with Gasteiger partial charge in [0.05, 0.1) is 6.04 Å². The molecular weight excluding hydrogens is 420 g/mol. The summed E-state index contributed by atoms with van der Waals surface area (Å²) in [6.45, 7) is 4.53. The number of benzene rings is 2. The summed E-state index contributed by atoms with van der Waals surface area (Å²) in [4.78, 5) is 36.1. The molecule has 6 nitrogen and oxygen atoms in total. The van der Waals surface area contributed by atoms with Crippen molar-refractivity contribution in [1.82, 2.24) is 19.2 Å². The number of fused-ring (bicyclic) bond motifs is 1. The van der Waals surface area contributed by atoms with E-state index in [0.717, 1.165) is 18.0 Å². The minimum Gasteiger partial charge on any atom is -0.336 e. The van der Waals surface area contributed by atoms with E-state index in [1.807, 2.05) is 19.1 Å². The summed E-state index contributed by atoms with van der Waals surface area (Å²) < 4.78 is 1.48. The van der Waals surface area contributed by atoms with Crippen molar-refractivity contribution in [2.45, 2.75) is 13.0 Å². The molecule has 1 fully saturated rings. The Balaban J connectivity index is 1.36. The topological polar surface area (TPSA) is 57.9 Å². The lowest BCUT2D eigenvalue weighted by molar-refractivity contribution is 0.0595. The molecule has 0 N–H and O–H groups in total. The van der Waals surface area contributed by atoms with Crippen LogP contribution in [0, 0.1) is 6.92 Å². The molecule has 0 radical (unpaired) electrons. The molecule has 5 rings (SSSR count). The van der Waals surface area contributed by atoms with Gasteiger partial charge in [0.15, 0.2) is 4.96 Å². The van der Waals surface area contributed by atoms with Gasteiger partial charge in [-0.1, -0.05) is 60.7 Å². The van der Waals surface area contributed by atoms with Crippen molar-refractivity contribution in [3.63, 3.8) is 0 Å². The number of rotatable bonds is 4. The minimum atomic E-state index is -0.293. The van der Waals surface area contributed by atoms with E-state index in [0.29, 0.717) is 18.1 Å². The third-order valence-electron chi connectivity index (χ3n) is 5.95. The first kappa shape index (κ1) is 20.6. The Labute approximate surface area is 190 Å². The number of amides is 1. The van der Waals surface area contributed by atoms with Gasteiger partial charge < -0.3 is 4.90 Å². The van der Waals surface area contributed by atoms with Gasteiger partial charge in [-0.15, -0.1) is 11.3 Å². The number of carbonyl (C=O) groups excluding carboxylic acids is 1.